The van der Waals surface area contributed by atoms with Gasteiger partial charge in [-0.3, -0.25) is 9.67 Å². The van der Waals surface area contributed by atoms with Gasteiger partial charge in [0.15, 0.2) is 10.6 Å². The molecule has 19 heavy (non-hydrogen) atoms. The van der Waals surface area contributed by atoms with Gasteiger partial charge in [0, 0.05) is 19.0 Å². The molecule has 0 atom stereocenters. The summed E-state index contributed by atoms with van der Waals surface area (Å²) in [4.78, 5) is 6.68. The van der Waals surface area contributed by atoms with Gasteiger partial charge < -0.3 is 9.64 Å². The van der Waals surface area contributed by atoms with Gasteiger partial charge in [0.05, 0.1) is 13.2 Å². The van der Waals surface area contributed by atoms with Crippen LogP contribution in [0, 0.1) is 4.77 Å². The van der Waals surface area contributed by atoms with Gasteiger partial charge in [0.1, 0.15) is 10.7 Å². The molecule has 0 aliphatic carbocycles. The summed E-state index contributed by atoms with van der Waals surface area (Å²) in [6.45, 7) is 2.09. The quantitative estimate of drug-likeness (QED) is 0.824. The Kier molecular flexibility index (Phi) is 4.81. The largest absolute Gasteiger partial charge is 0.383 e. The molecule has 1 N–H and O–H groups in total. The molecule has 0 spiro atoms. The standard InChI is InChI=1S/C11H17N5OS2/c1-15(2)6-9-12-8(7-19-9)10-13-14-11(18)16(10)4-5-17-3/h7H,4-6H2,1-3H3,(H,14,18). The summed E-state index contributed by atoms with van der Waals surface area (Å²) in [7, 11) is 5.72. The van der Waals surface area contributed by atoms with Crippen LogP contribution in [0.4, 0.5) is 0 Å². The fraction of sp³-hybridized carbons (Fsp3) is 0.545. The summed E-state index contributed by atoms with van der Waals surface area (Å²) in [6.07, 6.45) is 0. The molecule has 2 aromatic heterocycles. The van der Waals surface area contributed by atoms with Gasteiger partial charge in [0.25, 0.3) is 0 Å². The second-order valence-corrected chi connectivity index (χ2v) is 5.69. The van der Waals surface area contributed by atoms with Crippen molar-refractivity contribution in [1.29, 1.82) is 0 Å². The van der Waals surface area contributed by atoms with Crippen molar-refractivity contribution in [1.82, 2.24) is 24.6 Å². The van der Waals surface area contributed by atoms with E-state index in [1.807, 2.05) is 24.0 Å². The highest BCUT2D eigenvalue weighted by Crippen LogP contribution is 2.21. The van der Waals surface area contributed by atoms with Crippen molar-refractivity contribution < 1.29 is 4.74 Å². The lowest BCUT2D eigenvalue weighted by molar-refractivity contribution is 0.187. The van der Waals surface area contributed by atoms with Crippen molar-refractivity contribution in [3.63, 3.8) is 0 Å². The number of methoxy groups -OCH3 is 1. The molecule has 0 saturated heterocycles. The topological polar surface area (TPSA) is 59.0 Å². The molecular weight excluding hydrogens is 282 g/mol. The molecule has 6 nitrogen and oxygen atoms in total. The van der Waals surface area contributed by atoms with Gasteiger partial charge in [0.2, 0.25) is 0 Å². The number of rotatable bonds is 6. The highest BCUT2D eigenvalue weighted by molar-refractivity contribution is 7.71. The summed E-state index contributed by atoms with van der Waals surface area (Å²) in [5.41, 5.74) is 0.852. The first-order chi connectivity index (χ1) is 9.11. The number of ether oxygens (including phenoxy) is 1. The molecule has 0 aliphatic heterocycles. The van der Waals surface area contributed by atoms with Crippen LogP contribution >= 0.6 is 23.6 Å². The van der Waals surface area contributed by atoms with Crippen molar-refractivity contribution in [3.05, 3.63) is 15.2 Å². The maximum Gasteiger partial charge on any atom is 0.195 e. The molecule has 0 bridgehead atoms. The second-order valence-electron chi connectivity index (χ2n) is 4.36. The molecule has 2 aromatic rings. The average molecular weight is 299 g/mol. The normalized spacial score (nSPS) is 11.4. The Morgan fingerprint density at radius 3 is 3.00 bits per heavy atom. The third kappa shape index (κ3) is 3.47. The predicted molar refractivity (Wildman–Crippen MR) is 77.8 cm³/mol. The van der Waals surface area contributed by atoms with E-state index in [4.69, 9.17) is 17.0 Å². The Hall–Kier alpha value is -1.09. The fourth-order valence-corrected chi connectivity index (χ4v) is 2.77. The molecule has 0 amide bonds. The fourth-order valence-electron chi connectivity index (χ4n) is 1.66. The lowest BCUT2D eigenvalue weighted by atomic mass is 10.4. The Labute approximate surface area is 121 Å². The smallest absolute Gasteiger partial charge is 0.195 e. The Morgan fingerprint density at radius 2 is 2.32 bits per heavy atom. The van der Waals surface area contributed by atoms with E-state index in [2.05, 4.69) is 20.1 Å². The molecule has 0 aliphatic rings. The van der Waals surface area contributed by atoms with Gasteiger partial charge in [-0.15, -0.1) is 11.3 Å². The Balaban J connectivity index is 2.26. The summed E-state index contributed by atoms with van der Waals surface area (Å²) < 4.78 is 7.59. The molecule has 2 heterocycles. The maximum atomic E-state index is 5.22. The Bertz CT molecular complexity index is 586. The van der Waals surface area contributed by atoms with E-state index in [9.17, 15) is 0 Å². The molecule has 0 unspecified atom stereocenters. The van der Waals surface area contributed by atoms with Crippen LogP contribution < -0.4 is 0 Å². The minimum atomic E-state index is 0.592. The van der Waals surface area contributed by atoms with E-state index >= 15 is 0 Å². The van der Waals surface area contributed by atoms with Crippen LogP contribution in [-0.4, -0.2) is 52.5 Å². The van der Waals surface area contributed by atoms with Crippen molar-refractivity contribution in [3.8, 4) is 11.5 Å². The van der Waals surface area contributed by atoms with E-state index < -0.39 is 0 Å². The first-order valence-electron chi connectivity index (χ1n) is 5.85. The van der Waals surface area contributed by atoms with Crippen LogP contribution in [0.25, 0.3) is 11.5 Å². The maximum absolute atomic E-state index is 5.22. The number of aromatic amines is 1. The molecule has 0 radical (unpaired) electrons. The van der Waals surface area contributed by atoms with Gasteiger partial charge in [-0.25, -0.2) is 4.98 Å². The number of hydrogen-bond acceptors (Lipinski definition) is 6. The number of aromatic nitrogens is 4. The number of thiazole rings is 1. The van der Waals surface area contributed by atoms with Gasteiger partial charge in [-0.1, -0.05) is 0 Å². The van der Waals surface area contributed by atoms with E-state index in [0.717, 1.165) is 23.1 Å². The summed E-state index contributed by atoms with van der Waals surface area (Å²) in [6, 6.07) is 0. The zero-order valence-electron chi connectivity index (χ0n) is 11.2. The van der Waals surface area contributed by atoms with E-state index in [0.29, 0.717) is 17.9 Å². The summed E-state index contributed by atoms with van der Waals surface area (Å²) in [5, 5.41) is 10.1. The highest BCUT2D eigenvalue weighted by atomic mass is 32.1. The van der Waals surface area contributed by atoms with Crippen molar-refractivity contribution in [2.24, 2.45) is 0 Å². The molecular formula is C11H17N5OS2. The molecule has 0 saturated carbocycles. The van der Waals surface area contributed by atoms with Crippen LogP contribution in [-0.2, 0) is 17.8 Å². The molecule has 0 fully saturated rings. The SMILES string of the molecule is COCCn1c(-c2csc(CN(C)C)n2)n[nH]c1=S. The van der Waals surface area contributed by atoms with Crippen molar-refractivity contribution in [2.75, 3.05) is 27.8 Å². The van der Waals surface area contributed by atoms with E-state index in [-0.39, 0.29) is 0 Å². The molecule has 8 heteroatoms. The zero-order valence-corrected chi connectivity index (χ0v) is 12.8. The molecule has 2 rings (SSSR count). The van der Waals surface area contributed by atoms with E-state index in [1.54, 1.807) is 18.4 Å². The van der Waals surface area contributed by atoms with E-state index in [1.165, 1.54) is 0 Å². The zero-order chi connectivity index (χ0) is 13.8. The monoisotopic (exact) mass is 299 g/mol. The first-order valence-corrected chi connectivity index (χ1v) is 7.14. The number of nitrogens with one attached hydrogen (secondary N) is 1. The number of nitrogens with zero attached hydrogens (tertiary/aromatic N) is 4. The molecule has 0 aromatic carbocycles. The summed E-state index contributed by atoms with van der Waals surface area (Å²) in [5.74, 6) is 0.767. The lowest BCUT2D eigenvalue weighted by Crippen LogP contribution is -2.10. The third-order valence-electron chi connectivity index (χ3n) is 2.51. The van der Waals surface area contributed by atoms with Gasteiger partial charge in [-0.05, 0) is 26.3 Å². The van der Waals surface area contributed by atoms with Gasteiger partial charge >= 0.3 is 0 Å². The van der Waals surface area contributed by atoms with Crippen LogP contribution in [0.15, 0.2) is 5.38 Å². The minimum absolute atomic E-state index is 0.592. The van der Waals surface area contributed by atoms with Crippen LogP contribution in [0.3, 0.4) is 0 Å². The molecule has 104 valence electrons. The first kappa shape index (κ1) is 14.3. The third-order valence-corrected chi connectivity index (χ3v) is 3.65. The van der Waals surface area contributed by atoms with Crippen LogP contribution in [0.5, 0.6) is 0 Å². The highest BCUT2D eigenvalue weighted by Gasteiger charge is 2.12. The van der Waals surface area contributed by atoms with Crippen LogP contribution in [0.1, 0.15) is 5.01 Å². The Morgan fingerprint density at radius 1 is 1.53 bits per heavy atom. The van der Waals surface area contributed by atoms with Crippen molar-refractivity contribution >= 4 is 23.6 Å². The summed E-state index contributed by atoms with van der Waals surface area (Å²) >= 11 is 6.85. The van der Waals surface area contributed by atoms with Gasteiger partial charge in [-0.2, -0.15) is 5.10 Å². The predicted octanol–water partition coefficient (Wildman–Crippen LogP) is 1.77. The average Bonchev–Trinajstić information content (AvgIpc) is 2.93. The second kappa shape index (κ2) is 6.38. The number of hydrogen-bond donors (Lipinski definition) is 1. The number of H-pyrrole nitrogens is 1. The van der Waals surface area contributed by atoms with Crippen molar-refractivity contribution in [2.45, 2.75) is 13.1 Å². The minimum Gasteiger partial charge on any atom is -0.383 e. The van der Waals surface area contributed by atoms with Crippen LogP contribution in [0.2, 0.25) is 0 Å². The lowest BCUT2D eigenvalue weighted by Gasteiger charge is -2.05.